The van der Waals surface area contributed by atoms with Crippen LogP contribution in [0.15, 0.2) is 71.6 Å². The van der Waals surface area contributed by atoms with Crippen LogP contribution in [0.5, 0.6) is 5.75 Å². The molecule has 0 aliphatic carbocycles. The number of rotatable bonds is 5. The number of nitrogens with zero attached hydrogens (tertiary/aromatic N) is 3. The van der Waals surface area contributed by atoms with Crippen molar-refractivity contribution in [3.05, 3.63) is 66.7 Å². The third-order valence-corrected chi connectivity index (χ3v) is 7.57. The van der Waals surface area contributed by atoms with Crippen molar-refractivity contribution >= 4 is 33.4 Å². The van der Waals surface area contributed by atoms with E-state index in [1.807, 2.05) is 0 Å². The Bertz CT molecular complexity index is 1220. The van der Waals surface area contributed by atoms with Gasteiger partial charge in [-0.3, -0.25) is 14.4 Å². The first-order valence-electron chi connectivity index (χ1n) is 10.7. The minimum atomic E-state index is -3.63. The number of hydrogen-bond acceptors (Lipinski definition) is 6. The smallest absolute Gasteiger partial charge is 0.260 e. The summed E-state index contributed by atoms with van der Waals surface area (Å²) in [5.74, 6) is -1.25. The van der Waals surface area contributed by atoms with Gasteiger partial charge in [-0.25, -0.2) is 8.42 Å². The molecule has 2 aromatic carbocycles. The first-order valence-corrected chi connectivity index (χ1v) is 12.1. The van der Waals surface area contributed by atoms with Gasteiger partial charge in [0, 0.05) is 38.3 Å². The molecule has 0 bridgehead atoms. The number of benzene rings is 2. The molecule has 2 N–H and O–H groups in total. The molecule has 0 spiro atoms. The third-order valence-electron chi connectivity index (χ3n) is 5.66. The van der Waals surface area contributed by atoms with E-state index in [1.54, 1.807) is 42.5 Å². The molecule has 34 heavy (non-hydrogen) atoms. The highest BCUT2D eigenvalue weighted by atomic mass is 32.2. The van der Waals surface area contributed by atoms with Crippen LogP contribution in [0.25, 0.3) is 0 Å². The molecule has 2 aliphatic rings. The zero-order valence-electron chi connectivity index (χ0n) is 18.2. The molecule has 1 fully saturated rings. The van der Waals surface area contributed by atoms with E-state index >= 15 is 0 Å². The van der Waals surface area contributed by atoms with Crippen molar-refractivity contribution < 1.29 is 27.5 Å². The molecule has 1 saturated heterocycles. The van der Waals surface area contributed by atoms with Crippen molar-refractivity contribution in [2.75, 3.05) is 37.6 Å². The van der Waals surface area contributed by atoms with E-state index in [-0.39, 0.29) is 37.6 Å². The Kier molecular flexibility index (Phi) is 6.66. The standard InChI is InChI=1S/C23H24N4O6S/c24-23(30)20-16-27(18-8-4-5-9-19(18)33-20)22(29)11-10-21(28)25-12-14-26(15-13-25)34(31,32)17-6-2-1-3-7-17/h1-11,20H,12-16H2,(H2,24,30)/b11-10+. The maximum absolute atomic E-state index is 12.8. The summed E-state index contributed by atoms with van der Waals surface area (Å²) in [5, 5.41) is 0. The molecule has 0 radical (unpaired) electrons. The number of piperazine rings is 1. The number of sulfonamides is 1. The highest BCUT2D eigenvalue weighted by molar-refractivity contribution is 7.89. The Morgan fingerprint density at radius 3 is 2.18 bits per heavy atom. The number of fused-ring (bicyclic) bond motifs is 1. The number of carbonyl (C=O) groups excluding carboxylic acids is 3. The second kappa shape index (κ2) is 9.65. The fraction of sp³-hybridized carbons (Fsp3) is 0.261. The van der Waals surface area contributed by atoms with Gasteiger partial charge in [-0.15, -0.1) is 0 Å². The van der Waals surface area contributed by atoms with Gasteiger partial charge in [-0.05, 0) is 24.3 Å². The zero-order valence-corrected chi connectivity index (χ0v) is 19.1. The molecule has 4 rings (SSSR count). The van der Waals surface area contributed by atoms with E-state index in [2.05, 4.69) is 0 Å². The van der Waals surface area contributed by atoms with Gasteiger partial charge in [-0.2, -0.15) is 4.31 Å². The van der Waals surface area contributed by atoms with E-state index in [0.29, 0.717) is 11.4 Å². The molecule has 0 saturated carbocycles. The van der Waals surface area contributed by atoms with Crippen LogP contribution in [-0.2, 0) is 24.4 Å². The maximum Gasteiger partial charge on any atom is 0.260 e. The summed E-state index contributed by atoms with van der Waals surface area (Å²) in [4.78, 5) is 40.1. The van der Waals surface area contributed by atoms with Crippen LogP contribution in [0.1, 0.15) is 0 Å². The quantitative estimate of drug-likeness (QED) is 0.610. The van der Waals surface area contributed by atoms with E-state index in [4.69, 9.17) is 10.5 Å². The minimum Gasteiger partial charge on any atom is -0.477 e. The Labute approximate surface area is 197 Å². The third kappa shape index (κ3) is 4.80. The molecule has 2 heterocycles. The normalized spacial score (nSPS) is 18.9. The number of ether oxygens (including phenoxy) is 1. The van der Waals surface area contributed by atoms with Gasteiger partial charge in [0.1, 0.15) is 5.75 Å². The fourth-order valence-electron chi connectivity index (χ4n) is 3.82. The molecular formula is C23H24N4O6S. The molecule has 1 atom stereocenters. The summed E-state index contributed by atoms with van der Waals surface area (Å²) < 4.78 is 32.4. The second-order valence-corrected chi connectivity index (χ2v) is 9.74. The minimum absolute atomic E-state index is 0.0697. The van der Waals surface area contributed by atoms with Gasteiger partial charge in [0.25, 0.3) is 11.8 Å². The number of anilines is 1. The second-order valence-electron chi connectivity index (χ2n) is 7.80. The first-order chi connectivity index (χ1) is 16.3. The number of amides is 3. The topological polar surface area (TPSA) is 130 Å². The SMILES string of the molecule is NC(=O)C1CN(C(=O)/C=C/C(=O)N2CCN(S(=O)(=O)c3ccccc3)CC2)c2ccccc2O1. The number of para-hydroxylation sites is 2. The van der Waals surface area contributed by atoms with Crippen molar-refractivity contribution in [2.24, 2.45) is 5.73 Å². The predicted octanol–water partition coefficient (Wildman–Crippen LogP) is 0.355. The average molecular weight is 485 g/mol. The first kappa shape index (κ1) is 23.5. The van der Waals surface area contributed by atoms with Crippen LogP contribution >= 0.6 is 0 Å². The highest BCUT2D eigenvalue weighted by Crippen LogP contribution is 2.33. The van der Waals surface area contributed by atoms with Gasteiger partial charge in [0.2, 0.25) is 15.9 Å². The van der Waals surface area contributed by atoms with Crippen LogP contribution in [0.4, 0.5) is 5.69 Å². The summed E-state index contributed by atoms with van der Waals surface area (Å²) >= 11 is 0. The highest BCUT2D eigenvalue weighted by Gasteiger charge is 2.32. The molecule has 2 aliphatic heterocycles. The van der Waals surface area contributed by atoms with Crippen molar-refractivity contribution in [2.45, 2.75) is 11.0 Å². The molecule has 2 aromatic rings. The van der Waals surface area contributed by atoms with Gasteiger partial charge in [-0.1, -0.05) is 30.3 Å². The van der Waals surface area contributed by atoms with Crippen LogP contribution in [-0.4, -0.2) is 74.2 Å². The van der Waals surface area contributed by atoms with Crippen molar-refractivity contribution in [1.82, 2.24) is 9.21 Å². The monoisotopic (exact) mass is 484 g/mol. The lowest BCUT2D eigenvalue weighted by Crippen LogP contribution is -2.50. The number of hydrogen-bond donors (Lipinski definition) is 1. The average Bonchev–Trinajstić information content (AvgIpc) is 2.87. The number of primary amides is 1. The summed E-state index contributed by atoms with van der Waals surface area (Å²) in [7, 11) is -3.63. The van der Waals surface area contributed by atoms with Crippen molar-refractivity contribution in [3.63, 3.8) is 0 Å². The Hall–Kier alpha value is -3.70. The molecule has 10 nitrogen and oxygen atoms in total. The van der Waals surface area contributed by atoms with Crippen LogP contribution < -0.4 is 15.4 Å². The van der Waals surface area contributed by atoms with E-state index in [1.165, 1.54) is 26.2 Å². The van der Waals surface area contributed by atoms with Gasteiger partial charge in [0.15, 0.2) is 6.10 Å². The summed E-state index contributed by atoms with van der Waals surface area (Å²) in [6.07, 6.45) is 1.29. The van der Waals surface area contributed by atoms with Crippen LogP contribution in [0, 0.1) is 0 Å². The summed E-state index contributed by atoms with van der Waals surface area (Å²) in [6, 6.07) is 14.9. The summed E-state index contributed by atoms with van der Waals surface area (Å²) in [5.41, 5.74) is 5.83. The Morgan fingerprint density at radius 1 is 0.882 bits per heavy atom. The largest absolute Gasteiger partial charge is 0.477 e. The Balaban J connectivity index is 1.39. The number of nitrogens with two attached hydrogens (primary N) is 1. The van der Waals surface area contributed by atoms with E-state index < -0.39 is 33.8 Å². The van der Waals surface area contributed by atoms with Crippen LogP contribution in [0.3, 0.4) is 0 Å². The molecule has 0 aromatic heterocycles. The molecule has 11 heteroatoms. The summed E-state index contributed by atoms with van der Waals surface area (Å²) in [6.45, 7) is 0.643. The van der Waals surface area contributed by atoms with Crippen LogP contribution in [0.2, 0.25) is 0 Å². The lowest BCUT2D eigenvalue weighted by atomic mass is 10.1. The molecule has 1 unspecified atom stereocenters. The van der Waals surface area contributed by atoms with Gasteiger partial charge >= 0.3 is 0 Å². The lowest BCUT2D eigenvalue weighted by molar-refractivity contribution is -0.128. The van der Waals surface area contributed by atoms with E-state index in [0.717, 1.165) is 12.2 Å². The molecule has 3 amide bonds. The van der Waals surface area contributed by atoms with Crippen molar-refractivity contribution in [3.8, 4) is 5.75 Å². The molecule has 178 valence electrons. The fourth-order valence-corrected chi connectivity index (χ4v) is 5.26. The number of carbonyl (C=O) groups is 3. The zero-order chi connectivity index (χ0) is 24.3. The van der Waals surface area contributed by atoms with Crippen molar-refractivity contribution in [1.29, 1.82) is 0 Å². The Morgan fingerprint density at radius 2 is 1.50 bits per heavy atom. The van der Waals surface area contributed by atoms with Gasteiger partial charge in [0.05, 0.1) is 17.1 Å². The molecular weight excluding hydrogens is 460 g/mol. The predicted molar refractivity (Wildman–Crippen MR) is 123 cm³/mol. The lowest BCUT2D eigenvalue weighted by Gasteiger charge is -2.34. The van der Waals surface area contributed by atoms with Gasteiger partial charge < -0.3 is 20.3 Å². The maximum atomic E-state index is 12.8. The van der Waals surface area contributed by atoms with E-state index in [9.17, 15) is 22.8 Å².